The summed E-state index contributed by atoms with van der Waals surface area (Å²) in [5.74, 6) is 2.56. The van der Waals surface area contributed by atoms with Gasteiger partial charge in [0.05, 0.1) is 6.20 Å². The van der Waals surface area contributed by atoms with Gasteiger partial charge in [0.2, 0.25) is 0 Å². The van der Waals surface area contributed by atoms with E-state index in [9.17, 15) is 0 Å². The van der Waals surface area contributed by atoms with Gasteiger partial charge in [-0.05, 0) is 18.8 Å². The van der Waals surface area contributed by atoms with Gasteiger partial charge in [0.15, 0.2) is 5.15 Å². The fourth-order valence-electron chi connectivity index (χ4n) is 2.33. The molecule has 0 amide bonds. The Balaban J connectivity index is 2.09. The van der Waals surface area contributed by atoms with Gasteiger partial charge < -0.3 is 0 Å². The molecule has 0 bridgehead atoms. The monoisotopic (exact) mass is 221 g/mol. The van der Waals surface area contributed by atoms with Crippen LogP contribution < -0.4 is 0 Å². The number of fused-ring (bicyclic) bond motifs is 1. The van der Waals surface area contributed by atoms with Gasteiger partial charge in [0.25, 0.3) is 0 Å². The van der Waals surface area contributed by atoms with E-state index < -0.39 is 0 Å². The molecular formula is C11H12ClN3. The van der Waals surface area contributed by atoms with Crippen LogP contribution in [0.5, 0.6) is 0 Å². The van der Waals surface area contributed by atoms with Gasteiger partial charge in [-0.1, -0.05) is 18.5 Å². The third-order valence-corrected chi connectivity index (χ3v) is 3.47. The number of halogens is 1. The molecule has 0 N–H and O–H groups in total. The zero-order chi connectivity index (χ0) is 10.4. The predicted octanol–water partition coefficient (Wildman–Crippen LogP) is 2.90. The van der Waals surface area contributed by atoms with Gasteiger partial charge in [-0.25, -0.2) is 9.97 Å². The summed E-state index contributed by atoms with van der Waals surface area (Å²) >= 11 is 5.99. The van der Waals surface area contributed by atoms with Crippen LogP contribution in [0.3, 0.4) is 0 Å². The second kappa shape index (κ2) is 3.20. The molecule has 1 saturated carbocycles. The average molecular weight is 222 g/mol. The van der Waals surface area contributed by atoms with E-state index in [0.29, 0.717) is 11.1 Å². The second-order valence-corrected chi connectivity index (χ2v) is 4.72. The fourth-order valence-corrected chi connectivity index (χ4v) is 2.53. The molecule has 0 radical (unpaired) electrons. The molecule has 0 atom stereocenters. The summed E-state index contributed by atoms with van der Waals surface area (Å²) < 4.78 is 2.06. The van der Waals surface area contributed by atoms with Crippen LogP contribution in [0.25, 0.3) is 5.52 Å². The van der Waals surface area contributed by atoms with Crippen molar-refractivity contribution in [3.8, 4) is 0 Å². The van der Waals surface area contributed by atoms with Crippen molar-refractivity contribution < 1.29 is 0 Å². The number of imidazole rings is 1. The Morgan fingerprint density at radius 3 is 2.93 bits per heavy atom. The number of aromatic nitrogens is 3. The molecule has 3 rings (SSSR count). The quantitative estimate of drug-likeness (QED) is 0.741. The number of nitrogens with zero attached hydrogens (tertiary/aromatic N) is 3. The van der Waals surface area contributed by atoms with Crippen molar-refractivity contribution in [2.24, 2.45) is 5.92 Å². The molecule has 2 heterocycles. The smallest absolute Gasteiger partial charge is 0.154 e. The first-order valence-corrected chi connectivity index (χ1v) is 5.61. The molecule has 3 nitrogen and oxygen atoms in total. The van der Waals surface area contributed by atoms with Gasteiger partial charge in [0.1, 0.15) is 11.3 Å². The van der Waals surface area contributed by atoms with Crippen LogP contribution in [0, 0.1) is 5.92 Å². The molecule has 0 unspecified atom stereocenters. The molecule has 15 heavy (non-hydrogen) atoms. The summed E-state index contributed by atoms with van der Waals surface area (Å²) in [6, 6.07) is 0. The van der Waals surface area contributed by atoms with Gasteiger partial charge >= 0.3 is 0 Å². The lowest BCUT2D eigenvalue weighted by Gasteiger charge is -2.31. The van der Waals surface area contributed by atoms with Crippen molar-refractivity contribution in [1.29, 1.82) is 0 Å². The van der Waals surface area contributed by atoms with Crippen molar-refractivity contribution in [1.82, 2.24) is 14.4 Å². The maximum Gasteiger partial charge on any atom is 0.154 e. The first-order chi connectivity index (χ1) is 7.25. The van der Waals surface area contributed by atoms with Crippen molar-refractivity contribution >= 4 is 17.1 Å². The molecule has 0 aromatic carbocycles. The summed E-state index contributed by atoms with van der Waals surface area (Å²) in [4.78, 5) is 8.49. The van der Waals surface area contributed by atoms with E-state index in [-0.39, 0.29) is 0 Å². The molecule has 0 spiro atoms. The van der Waals surface area contributed by atoms with Crippen LogP contribution in [-0.4, -0.2) is 14.4 Å². The van der Waals surface area contributed by atoms with Crippen LogP contribution in [0.2, 0.25) is 5.15 Å². The summed E-state index contributed by atoms with van der Waals surface area (Å²) in [6.45, 7) is 2.28. The van der Waals surface area contributed by atoms with E-state index in [1.807, 2.05) is 12.4 Å². The SMILES string of the molecule is C[C@H]1C[C@H](c2ncc3c(Cl)nccn32)C1. The average Bonchev–Trinajstić information content (AvgIpc) is 2.58. The summed E-state index contributed by atoms with van der Waals surface area (Å²) in [7, 11) is 0. The first kappa shape index (κ1) is 9.16. The van der Waals surface area contributed by atoms with Crippen LogP contribution >= 0.6 is 11.6 Å². The lowest BCUT2D eigenvalue weighted by Crippen LogP contribution is -2.21. The highest BCUT2D eigenvalue weighted by Crippen LogP contribution is 2.40. The molecular weight excluding hydrogens is 210 g/mol. The van der Waals surface area contributed by atoms with Gasteiger partial charge in [-0.3, -0.25) is 4.40 Å². The summed E-state index contributed by atoms with van der Waals surface area (Å²) in [5.41, 5.74) is 0.911. The normalized spacial score (nSPS) is 25.5. The molecule has 4 heteroatoms. The van der Waals surface area contributed by atoms with Crippen molar-refractivity contribution in [2.45, 2.75) is 25.7 Å². The van der Waals surface area contributed by atoms with Crippen LogP contribution in [0.1, 0.15) is 31.5 Å². The van der Waals surface area contributed by atoms with E-state index in [1.165, 1.54) is 12.8 Å². The standard InChI is InChI=1S/C11H12ClN3/c1-7-4-8(5-7)11-14-6-9-10(12)13-2-3-15(9)11/h2-3,6-8H,4-5H2,1H3/t7-,8-. The van der Waals surface area contributed by atoms with Crippen LogP contribution in [0.15, 0.2) is 18.6 Å². The van der Waals surface area contributed by atoms with E-state index in [1.54, 1.807) is 6.20 Å². The third-order valence-electron chi connectivity index (χ3n) is 3.18. The second-order valence-electron chi connectivity index (χ2n) is 4.36. The molecule has 78 valence electrons. The maximum atomic E-state index is 5.99. The summed E-state index contributed by atoms with van der Waals surface area (Å²) in [5, 5.41) is 0.531. The van der Waals surface area contributed by atoms with Crippen molar-refractivity contribution in [2.75, 3.05) is 0 Å². The molecule has 0 saturated heterocycles. The Bertz CT molecular complexity index is 500. The number of hydrogen-bond acceptors (Lipinski definition) is 2. The predicted molar refractivity (Wildman–Crippen MR) is 59.1 cm³/mol. The number of hydrogen-bond donors (Lipinski definition) is 0. The molecule has 1 aliphatic rings. The Labute approximate surface area is 93.1 Å². The zero-order valence-corrected chi connectivity index (χ0v) is 9.28. The van der Waals surface area contributed by atoms with E-state index in [0.717, 1.165) is 17.3 Å². The van der Waals surface area contributed by atoms with Gasteiger partial charge in [-0.2, -0.15) is 0 Å². The van der Waals surface area contributed by atoms with Crippen LogP contribution in [0.4, 0.5) is 0 Å². The topological polar surface area (TPSA) is 30.2 Å². The minimum absolute atomic E-state index is 0.531. The third kappa shape index (κ3) is 1.34. The zero-order valence-electron chi connectivity index (χ0n) is 8.52. The number of rotatable bonds is 1. The van der Waals surface area contributed by atoms with Gasteiger partial charge in [0, 0.05) is 18.3 Å². The van der Waals surface area contributed by atoms with Gasteiger partial charge in [-0.15, -0.1) is 0 Å². The Morgan fingerprint density at radius 2 is 2.20 bits per heavy atom. The van der Waals surface area contributed by atoms with Crippen LogP contribution in [-0.2, 0) is 0 Å². The molecule has 0 aliphatic heterocycles. The van der Waals surface area contributed by atoms with E-state index in [4.69, 9.17) is 11.6 Å². The van der Waals surface area contributed by atoms with E-state index in [2.05, 4.69) is 21.3 Å². The highest BCUT2D eigenvalue weighted by Gasteiger charge is 2.30. The maximum absolute atomic E-state index is 5.99. The molecule has 2 aromatic heterocycles. The molecule has 1 aliphatic carbocycles. The first-order valence-electron chi connectivity index (χ1n) is 5.23. The lowest BCUT2D eigenvalue weighted by molar-refractivity contribution is 0.277. The Morgan fingerprint density at radius 1 is 1.40 bits per heavy atom. The largest absolute Gasteiger partial charge is 0.299 e. The minimum Gasteiger partial charge on any atom is -0.299 e. The molecule has 1 fully saturated rings. The minimum atomic E-state index is 0.531. The Kier molecular flexibility index (Phi) is 1.96. The van der Waals surface area contributed by atoms with E-state index >= 15 is 0 Å². The highest BCUT2D eigenvalue weighted by molar-refractivity contribution is 6.32. The van der Waals surface area contributed by atoms with Crippen molar-refractivity contribution in [3.05, 3.63) is 29.6 Å². The van der Waals surface area contributed by atoms with Crippen molar-refractivity contribution in [3.63, 3.8) is 0 Å². The lowest BCUT2D eigenvalue weighted by atomic mass is 9.76. The fraction of sp³-hybridized carbons (Fsp3) is 0.455. The summed E-state index contributed by atoms with van der Waals surface area (Å²) in [6.07, 6.45) is 7.95. The molecule has 2 aromatic rings. The highest BCUT2D eigenvalue weighted by atomic mass is 35.5. The Hall–Kier alpha value is -1.09.